The SMILES string of the molecule is O=C(CN1CCOCC1)Nc1ccc(NC(=O)Cn2c(COc3ccccc3)nc3ccccc32)cc1. The van der Waals surface area contributed by atoms with Crippen molar-refractivity contribution in [2.24, 2.45) is 0 Å². The Labute approximate surface area is 215 Å². The van der Waals surface area contributed by atoms with E-state index >= 15 is 0 Å². The van der Waals surface area contributed by atoms with E-state index in [2.05, 4.69) is 20.5 Å². The summed E-state index contributed by atoms with van der Waals surface area (Å²) < 4.78 is 13.1. The fourth-order valence-corrected chi connectivity index (χ4v) is 4.22. The van der Waals surface area contributed by atoms with E-state index in [0.717, 1.165) is 29.9 Å². The Morgan fingerprint density at radius 1 is 0.811 bits per heavy atom. The Hall–Kier alpha value is -4.21. The van der Waals surface area contributed by atoms with E-state index in [0.29, 0.717) is 37.0 Å². The maximum absolute atomic E-state index is 12.9. The summed E-state index contributed by atoms with van der Waals surface area (Å²) in [5.41, 5.74) is 2.99. The lowest BCUT2D eigenvalue weighted by atomic mass is 10.2. The molecule has 1 fully saturated rings. The summed E-state index contributed by atoms with van der Waals surface area (Å²) in [5.74, 6) is 1.14. The van der Waals surface area contributed by atoms with Gasteiger partial charge in [-0.3, -0.25) is 14.5 Å². The summed E-state index contributed by atoms with van der Waals surface area (Å²) in [6.45, 7) is 3.47. The highest BCUT2D eigenvalue weighted by molar-refractivity contribution is 5.94. The molecular weight excluding hydrogens is 470 g/mol. The molecule has 5 rings (SSSR count). The van der Waals surface area contributed by atoms with Gasteiger partial charge < -0.3 is 24.7 Å². The average molecular weight is 500 g/mol. The first-order valence-corrected chi connectivity index (χ1v) is 12.3. The van der Waals surface area contributed by atoms with Gasteiger partial charge in [0.25, 0.3) is 0 Å². The number of anilines is 2. The van der Waals surface area contributed by atoms with Gasteiger partial charge in [-0.2, -0.15) is 0 Å². The summed E-state index contributed by atoms with van der Waals surface area (Å²) in [5, 5.41) is 5.83. The number of benzene rings is 3. The molecule has 2 N–H and O–H groups in total. The first-order valence-electron chi connectivity index (χ1n) is 12.3. The Balaban J connectivity index is 1.20. The third kappa shape index (κ3) is 6.52. The van der Waals surface area contributed by atoms with Crippen LogP contribution >= 0.6 is 0 Å². The molecule has 9 heteroatoms. The molecule has 0 aliphatic carbocycles. The van der Waals surface area contributed by atoms with Gasteiger partial charge in [0.05, 0.1) is 30.8 Å². The highest BCUT2D eigenvalue weighted by atomic mass is 16.5. The normalized spacial score (nSPS) is 13.8. The topological polar surface area (TPSA) is 97.7 Å². The molecule has 0 radical (unpaired) electrons. The van der Waals surface area contributed by atoms with Crippen molar-refractivity contribution in [1.82, 2.24) is 14.5 Å². The zero-order valence-electron chi connectivity index (χ0n) is 20.4. The molecule has 2 amide bonds. The van der Waals surface area contributed by atoms with Crippen LogP contribution in [0.1, 0.15) is 5.82 Å². The van der Waals surface area contributed by atoms with Crippen molar-refractivity contribution in [3.05, 3.63) is 84.7 Å². The largest absolute Gasteiger partial charge is 0.486 e. The number of aromatic nitrogens is 2. The van der Waals surface area contributed by atoms with Crippen LogP contribution < -0.4 is 15.4 Å². The Morgan fingerprint density at radius 3 is 2.14 bits per heavy atom. The van der Waals surface area contributed by atoms with Crippen LogP contribution in [-0.2, 0) is 27.5 Å². The number of hydrogen-bond acceptors (Lipinski definition) is 6. The number of hydrogen-bond donors (Lipinski definition) is 2. The smallest absolute Gasteiger partial charge is 0.244 e. The van der Waals surface area contributed by atoms with Gasteiger partial charge in [-0.1, -0.05) is 30.3 Å². The molecule has 0 saturated carbocycles. The molecule has 1 aliphatic heterocycles. The average Bonchev–Trinajstić information content (AvgIpc) is 3.27. The van der Waals surface area contributed by atoms with Crippen LogP contribution in [0.25, 0.3) is 11.0 Å². The molecule has 0 atom stereocenters. The summed E-state index contributed by atoms with van der Waals surface area (Å²) in [6.07, 6.45) is 0. The molecule has 9 nitrogen and oxygen atoms in total. The lowest BCUT2D eigenvalue weighted by Crippen LogP contribution is -2.41. The van der Waals surface area contributed by atoms with Crippen LogP contribution in [0.15, 0.2) is 78.9 Å². The standard InChI is InChI=1S/C28H29N5O4/c34-27(18-32-14-16-36-17-15-32)29-21-10-12-22(13-11-21)30-28(35)19-33-25-9-5-4-8-24(25)31-26(33)20-37-23-6-2-1-3-7-23/h1-13H,14-20H2,(H,29,34)(H,30,35). The molecular formula is C28H29N5O4. The van der Waals surface area contributed by atoms with E-state index in [-0.39, 0.29) is 25.0 Å². The molecule has 0 bridgehead atoms. The zero-order valence-corrected chi connectivity index (χ0v) is 20.4. The zero-order chi connectivity index (χ0) is 25.5. The molecule has 0 unspecified atom stereocenters. The molecule has 0 spiro atoms. The maximum Gasteiger partial charge on any atom is 0.244 e. The van der Waals surface area contributed by atoms with Crippen molar-refractivity contribution >= 4 is 34.2 Å². The van der Waals surface area contributed by atoms with Gasteiger partial charge in [-0.15, -0.1) is 0 Å². The number of rotatable bonds is 9. The van der Waals surface area contributed by atoms with Crippen LogP contribution in [0, 0.1) is 0 Å². The molecule has 2 heterocycles. The van der Waals surface area contributed by atoms with Crippen molar-refractivity contribution in [3.63, 3.8) is 0 Å². The van der Waals surface area contributed by atoms with Crippen LogP contribution in [0.2, 0.25) is 0 Å². The van der Waals surface area contributed by atoms with E-state index < -0.39 is 0 Å². The highest BCUT2D eigenvalue weighted by Crippen LogP contribution is 2.19. The minimum atomic E-state index is -0.187. The first kappa shape index (κ1) is 24.5. The third-order valence-electron chi connectivity index (χ3n) is 6.07. The van der Waals surface area contributed by atoms with Crippen molar-refractivity contribution in [3.8, 4) is 5.75 Å². The van der Waals surface area contributed by atoms with Gasteiger partial charge in [0.1, 0.15) is 24.7 Å². The number of para-hydroxylation sites is 3. The molecule has 1 saturated heterocycles. The Bertz CT molecular complexity index is 1350. The fraction of sp³-hybridized carbons (Fsp3) is 0.250. The minimum Gasteiger partial charge on any atom is -0.486 e. The number of carbonyl (C=O) groups is 2. The van der Waals surface area contributed by atoms with E-state index in [4.69, 9.17) is 9.47 Å². The number of amides is 2. The van der Waals surface area contributed by atoms with Crippen LogP contribution in [-0.4, -0.2) is 59.1 Å². The number of carbonyl (C=O) groups excluding carboxylic acids is 2. The van der Waals surface area contributed by atoms with E-state index in [1.165, 1.54) is 0 Å². The summed E-state index contributed by atoms with van der Waals surface area (Å²) in [7, 11) is 0. The number of ether oxygens (including phenoxy) is 2. The van der Waals surface area contributed by atoms with Gasteiger partial charge >= 0.3 is 0 Å². The number of nitrogens with zero attached hydrogens (tertiary/aromatic N) is 3. The van der Waals surface area contributed by atoms with Crippen molar-refractivity contribution in [2.45, 2.75) is 13.2 Å². The van der Waals surface area contributed by atoms with Gasteiger partial charge in [0, 0.05) is 24.5 Å². The molecule has 1 aliphatic rings. The monoisotopic (exact) mass is 499 g/mol. The highest BCUT2D eigenvalue weighted by Gasteiger charge is 2.16. The fourth-order valence-electron chi connectivity index (χ4n) is 4.22. The third-order valence-corrected chi connectivity index (χ3v) is 6.07. The number of fused-ring (bicyclic) bond motifs is 1. The van der Waals surface area contributed by atoms with Gasteiger partial charge in [-0.05, 0) is 48.5 Å². The van der Waals surface area contributed by atoms with E-state index in [1.807, 2.05) is 59.2 Å². The number of nitrogens with one attached hydrogen (secondary N) is 2. The lowest BCUT2D eigenvalue weighted by Gasteiger charge is -2.25. The summed E-state index contributed by atoms with van der Waals surface area (Å²) >= 11 is 0. The van der Waals surface area contributed by atoms with Gasteiger partial charge in [0.15, 0.2) is 0 Å². The first-order chi connectivity index (χ1) is 18.1. The predicted molar refractivity (Wildman–Crippen MR) is 141 cm³/mol. The van der Waals surface area contributed by atoms with Crippen LogP contribution in [0.4, 0.5) is 11.4 Å². The minimum absolute atomic E-state index is 0.0732. The number of morpholine rings is 1. The maximum atomic E-state index is 12.9. The second-order valence-corrected chi connectivity index (χ2v) is 8.77. The van der Waals surface area contributed by atoms with Gasteiger partial charge in [-0.25, -0.2) is 4.98 Å². The Morgan fingerprint density at radius 2 is 1.43 bits per heavy atom. The predicted octanol–water partition coefficient (Wildman–Crippen LogP) is 3.52. The molecule has 37 heavy (non-hydrogen) atoms. The van der Waals surface area contributed by atoms with Crippen molar-refractivity contribution in [2.75, 3.05) is 43.5 Å². The molecule has 4 aromatic rings. The van der Waals surface area contributed by atoms with E-state index in [1.54, 1.807) is 24.3 Å². The van der Waals surface area contributed by atoms with Crippen LogP contribution in [0.3, 0.4) is 0 Å². The second-order valence-electron chi connectivity index (χ2n) is 8.77. The lowest BCUT2D eigenvalue weighted by molar-refractivity contribution is -0.118. The molecule has 1 aromatic heterocycles. The quantitative estimate of drug-likeness (QED) is 0.366. The molecule has 3 aromatic carbocycles. The second kappa shape index (κ2) is 11.7. The summed E-state index contributed by atoms with van der Waals surface area (Å²) in [6, 6.07) is 24.3. The van der Waals surface area contributed by atoms with Gasteiger partial charge in [0.2, 0.25) is 11.8 Å². The van der Waals surface area contributed by atoms with Crippen LogP contribution in [0.5, 0.6) is 5.75 Å². The number of imidazole rings is 1. The Kier molecular flexibility index (Phi) is 7.73. The molecule has 190 valence electrons. The van der Waals surface area contributed by atoms with Crippen molar-refractivity contribution in [1.29, 1.82) is 0 Å². The van der Waals surface area contributed by atoms with Crippen molar-refractivity contribution < 1.29 is 19.1 Å². The van der Waals surface area contributed by atoms with E-state index in [9.17, 15) is 9.59 Å². The summed E-state index contributed by atoms with van der Waals surface area (Å²) in [4.78, 5) is 32.0.